The van der Waals surface area contributed by atoms with Crippen molar-refractivity contribution in [1.29, 1.82) is 0 Å². The highest BCUT2D eigenvalue weighted by Crippen LogP contribution is 2.39. The molecular formula is C19H25N7O3. The molecule has 10 nitrogen and oxygen atoms in total. The number of nitrogens with one attached hydrogen (secondary N) is 4. The summed E-state index contributed by atoms with van der Waals surface area (Å²) in [6, 6.07) is 0. The van der Waals surface area contributed by atoms with E-state index in [1.807, 2.05) is 0 Å². The van der Waals surface area contributed by atoms with Gasteiger partial charge in [-0.05, 0) is 50.4 Å². The third-order valence-electron chi connectivity index (χ3n) is 5.80. The van der Waals surface area contributed by atoms with E-state index in [9.17, 15) is 14.4 Å². The zero-order chi connectivity index (χ0) is 20.2. The normalized spacial score (nSPS) is 21.5. The average molecular weight is 399 g/mol. The van der Waals surface area contributed by atoms with E-state index >= 15 is 0 Å². The monoisotopic (exact) mass is 399 g/mol. The first kappa shape index (κ1) is 19.3. The minimum atomic E-state index is -0.391. The lowest BCUT2D eigenvalue weighted by Crippen LogP contribution is -2.36. The van der Waals surface area contributed by atoms with Gasteiger partial charge in [-0.2, -0.15) is 20.5 Å². The molecule has 0 atom stereocenters. The summed E-state index contributed by atoms with van der Waals surface area (Å²) in [4.78, 5) is 36.2. The maximum atomic E-state index is 12.4. The molecule has 0 saturated heterocycles. The number of hydrogen-bond acceptors (Lipinski definition) is 6. The summed E-state index contributed by atoms with van der Waals surface area (Å²) in [7, 11) is 0. The van der Waals surface area contributed by atoms with E-state index in [4.69, 9.17) is 0 Å². The zero-order valence-electron chi connectivity index (χ0n) is 16.1. The van der Waals surface area contributed by atoms with E-state index in [0.717, 1.165) is 50.4 Å². The van der Waals surface area contributed by atoms with Crippen LogP contribution in [0.25, 0.3) is 0 Å². The maximum Gasteiger partial charge on any atom is 0.273 e. The van der Waals surface area contributed by atoms with Gasteiger partial charge in [-0.15, -0.1) is 0 Å². The first-order valence-corrected chi connectivity index (χ1v) is 10.1. The molecule has 2 aromatic heterocycles. The fourth-order valence-corrected chi connectivity index (χ4v) is 3.86. The van der Waals surface area contributed by atoms with E-state index in [-0.39, 0.29) is 17.4 Å². The van der Waals surface area contributed by atoms with Crippen molar-refractivity contribution in [3.63, 3.8) is 0 Å². The molecule has 2 saturated carbocycles. The molecule has 0 spiro atoms. The minimum Gasteiger partial charge on any atom is -0.352 e. The number of carbonyl (C=O) groups is 2. The molecule has 10 heteroatoms. The van der Waals surface area contributed by atoms with E-state index in [1.165, 1.54) is 6.20 Å². The molecule has 2 aliphatic carbocycles. The number of carbonyl (C=O) groups excluding carboxylic acids is 2. The number of H-pyrrole nitrogens is 2. The Balaban J connectivity index is 1.18. The Morgan fingerprint density at radius 1 is 0.966 bits per heavy atom. The Labute approximate surface area is 167 Å². The van der Waals surface area contributed by atoms with Crippen molar-refractivity contribution in [2.45, 2.75) is 44.4 Å². The Kier molecular flexibility index (Phi) is 5.68. The van der Waals surface area contributed by atoms with Crippen LogP contribution in [0.1, 0.15) is 71.0 Å². The molecule has 0 aliphatic heterocycles. The van der Waals surface area contributed by atoms with Crippen LogP contribution in [-0.2, 0) is 0 Å². The quantitative estimate of drug-likeness (QED) is 0.540. The fraction of sp³-hybridized carbons (Fsp3) is 0.579. The van der Waals surface area contributed by atoms with Gasteiger partial charge in [0.1, 0.15) is 5.56 Å². The second kappa shape index (κ2) is 8.54. The predicted molar refractivity (Wildman–Crippen MR) is 103 cm³/mol. The topological polar surface area (TPSA) is 146 Å². The summed E-state index contributed by atoms with van der Waals surface area (Å²) in [5, 5.41) is 22.6. The van der Waals surface area contributed by atoms with Crippen LogP contribution in [0.5, 0.6) is 0 Å². The van der Waals surface area contributed by atoms with Crippen LogP contribution in [0.2, 0.25) is 0 Å². The van der Waals surface area contributed by atoms with Crippen molar-refractivity contribution >= 4 is 11.8 Å². The Hall–Kier alpha value is -3.04. The lowest BCUT2D eigenvalue weighted by Gasteiger charge is -2.28. The van der Waals surface area contributed by atoms with Crippen molar-refractivity contribution in [3.05, 3.63) is 39.6 Å². The fourth-order valence-electron chi connectivity index (χ4n) is 3.86. The van der Waals surface area contributed by atoms with Gasteiger partial charge >= 0.3 is 0 Å². The van der Waals surface area contributed by atoms with E-state index in [2.05, 4.69) is 36.2 Å². The summed E-state index contributed by atoms with van der Waals surface area (Å²) in [6.07, 6.45) is 8.50. The van der Waals surface area contributed by atoms with Crippen LogP contribution in [-0.4, -0.2) is 50.5 Å². The van der Waals surface area contributed by atoms with E-state index in [0.29, 0.717) is 36.5 Å². The van der Waals surface area contributed by atoms with Crippen LogP contribution >= 0.6 is 0 Å². The highest BCUT2D eigenvalue weighted by Gasteiger charge is 2.32. The molecule has 2 heterocycles. The molecule has 4 rings (SSSR count). The van der Waals surface area contributed by atoms with Gasteiger partial charge in [-0.3, -0.25) is 19.5 Å². The molecule has 2 aromatic rings. The van der Waals surface area contributed by atoms with Gasteiger partial charge in [0.2, 0.25) is 5.43 Å². The number of amides is 2. The second-order valence-corrected chi connectivity index (χ2v) is 7.95. The number of rotatable bonds is 7. The summed E-state index contributed by atoms with van der Waals surface area (Å²) >= 11 is 0. The molecular weight excluding hydrogens is 374 g/mol. The molecule has 0 bridgehead atoms. The van der Waals surface area contributed by atoms with Gasteiger partial charge in [0.25, 0.3) is 11.8 Å². The average Bonchev–Trinajstić information content (AvgIpc) is 3.47. The van der Waals surface area contributed by atoms with Crippen molar-refractivity contribution in [2.24, 2.45) is 11.8 Å². The number of aromatic amines is 2. The minimum absolute atomic E-state index is 0.0785. The Morgan fingerprint density at radius 3 is 2.24 bits per heavy atom. The molecule has 154 valence electrons. The number of aromatic nitrogens is 5. The van der Waals surface area contributed by atoms with Crippen molar-refractivity contribution in [3.8, 4) is 0 Å². The second-order valence-electron chi connectivity index (χ2n) is 7.95. The zero-order valence-corrected chi connectivity index (χ0v) is 16.1. The molecule has 2 amide bonds. The molecule has 0 aromatic carbocycles. The van der Waals surface area contributed by atoms with Crippen LogP contribution in [0, 0.1) is 11.8 Å². The van der Waals surface area contributed by atoms with Crippen molar-refractivity contribution in [1.82, 2.24) is 36.2 Å². The van der Waals surface area contributed by atoms with E-state index in [1.54, 1.807) is 0 Å². The van der Waals surface area contributed by atoms with Crippen LogP contribution < -0.4 is 16.1 Å². The molecule has 4 N–H and O–H groups in total. The summed E-state index contributed by atoms with van der Waals surface area (Å²) in [5.41, 5.74) is 0.900. The highest BCUT2D eigenvalue weighted by atomic mass is 16.2. The molecule has 0 radical (unpaired) electrons. The largest absolute Gasteiger partial charge is 0.352 e. The summed E-state index contributed by atoms with van der Waals surface area (Å²) in [6.45, 7) is 1.17. The molecule has 2 fully saturated rings. The lowest BCUT2D eigenvalue weighted by molar-refractivity contribution is 0.0919. The highest BCUT2D eigenvalue weighted by molar-refractivity contribution is 5.94. The molecule has 0 unspecified atom stereocenters. The van der Waals surface area contributed by atoms with Crippen molar-refractivity contribution < 1.29 is 9.59 Å². The van der Waals surface area contributed by atoms with Gasteiger partial charge in [-0.25, -0.2) is 0 Å². The van der Waals surface area contributed by atoms with Gasteiger partial charge in [0, 0.05) is 25.2 Å². The maximum absolute atomic E-state index is 12.4. The predicted octanol–water partition coefficient (Wildman–Crippen LogP) is 0.732. The van der Waals surface area contributed by atoms with Gasteiger partial charge in [-0.1, -0.05) is 0 Å². The molecule has 29 heavy (non-hydrogen) atoms. The van der Waals surface area contributed by atoms with Crippen LogP contribution in [0.3, 0.4) is 0 Å². The standard InChI is InChI=1S/C19H25N7O3/c27-15-10-23-22-9-14(15)18(28)20-7-11-1-3-12(4-2-11)8-21-19(29)17-16(13-5-6-13)24-26-25-17/h9-13H,1-8H2,(H,20,28)(H,21,29)(H,22,27)(H,24,25,26). The third-order valence-corrected chi connectivity index (χ3v) is 5.80. The van der Waals surface area contributed by atoms with Crippen LogP contribution in [0.4, 0.5) is 0 Å². The summed E-state index contributed by atoms with van der Waals surface area (Å²) < 4.78 is 0. The third kappa shape index (κ3) is 4.69. The van der Waals surface area contributed by atoms with Gasteiger partial charge in [0.05, 0.1) is 11.9 Å². The number of hydrogen-bond donors (Lipinski definition) is 4. The lowest BCUT2D eigenvalue weighted by atomic mass is 9.82. The Morgan fingerprint density at radius 2 is 1.62 bits per heavy atom. The van der Waals surface area contributed by atoms with Crippen molar-refractivity contribution in [2.75, 3.05) is 13.1 Å². The van der Waals surface area contributed by atoms with Gasteiger partial charge in [0.15, 0.2) is 5.69 Å². The SMILES string of the molecule is O=C(NCC1CCC(CNC(=O)c2c[nH]ncc2=O)CC1)c1n[nH]nc1C1CC1. The van der Waals surface area contributed by atoms with Gasteiger partial charge < -0.3 is 10.6 Å². The summed E-state index contributed by atoms with van der Waals surface area (Å²) in [5.74, 6) is 0.650. The smallest absolute Gasteiger partial charge is 0.273 e. The first-order valence-electron chi connectivity index (χ1n) is 10.1. The van der Waals surface area contributed by atoms with Crippen LogP contribution in [0.15, 0.2) is 17.2 Å². The Bertz CT molecular complexity index is 926. The first-order chi connectivity index (χ1) is 14.1. The number of nitrogens with zero attached hydrogens (tertiary/aromatic N) is 3. The van der Waals surface area contributed by atoms with E-state index < -0.39 is 5.43 Å². The molecule has 2 aliphatic rings.